The standard InChI is InChI=1S/C19H21NO4S/c1-2-22-15-7-3-13(4-8-15)11-20(14-5-6-14)19(21)18-17-16(12-25-18)23-9-10-24-17/h3-4,7-8,12,14H,2,5-6,9-11H2,1H3. The van der Waals surface area contributed by atoms with Gasteiger partial charge in [0, 0.05) is 18.0 Å². The predicted octanol–water partition coefficient (Wildman–Crippen LogP) is 3.72. The van der Waals surface area contributed by atoms with E-state index in [-0.39, 0.29) is 5.91 Å². The minimum atomic E-state index is 0.0353. The highest BCUT2D eigenvalue weighted by Crippen LogP contribution is 2.41. The molecule has 2 aromatic rings. The molecule has 1 saturated carbocycles. The Morgan fingerprint density at radius 3 is 2.72 bits per heavy atom. The summed E-state index contributed by atoms with van der Waals surface area (Å²) in [6.07, 6.45) is 2.13. The van der Waals surface area contributed by atoms with E-state index in [1.807, 2.05) is 41.5 Å². The van der Waals surface area contributed by atoms with Gasteiger partial charge in [0.1, 0.15) is 23.8 Å². The van der Waals surface area contributed by atoms with Crippen molar-refractivity contribution in [3.05, 3.63) is 40.1 Å². The highest BCUT2D eigenvalue weighted by Gasteiger charge is 2.36. The lowest BCUT2D eigenvalue weighted by Crippen LogP contribution is -2.32. The molecule has 1 aliphatic heterocycles. The van der Waals surface area contributed by atoms with Crippen LogP contribution in [0.2, 0.25) is 0 Å². The van der Waals surface area contributed by atoms with Crippen molar-refractivity contribution in [3.63, 3.8) is 0 Å². The third-order valence-electron chi connectivity index (χ3n) is 4.33. The Bertz CT molecular complexity index is 751. The van der Waals surface area contributed by atoms with Crippen molar-refractivity contribution in [2.24, 2.45) is 0 Å². The highest BCUT2D eigenvalue weighted by atomic mass is 32.1. The monoisotopic (exact) mass is 359 g/mol. The van der Waals surface area contributed by atoms with Gasteiger partial charge in [0.2, 0.25) is 0 Å². The Morgan fingerprint density at radius 1 is 1.24 bits per heavy atom. The normalized spacial score (nSPS) is 15.7. The fraction of sp³-hybridized carbons (Fsp3) is 0.421. The van der Waals surface area contributed by atoms with Gasteiger partial charge in [0.25, 0.3) is 5.91 Å². The molecule has 6 heteroatoms. The molecule has 0 N–H and O–H groups in total. The predicted molar refractivity (Wildman–Crippen MR) is 95.8 cm³/mol. The van der Waals surface area contributed by atoms with E-state index in [0.29, 0.717) is 48.8 Å². The number of hydrogen-bond donors (Lipinski definition) is 0. The summed E-state index contributed by atoms with van der Waals surface area (Å²) in [6, 6.07) is 8.28. The van der Waals surface area contributed by atoms with Gasteiger partial charge in [0.15, 0.2) is 11.5 Å². The second kappa shape index (κ2) is 6.96. The first-order valence-electron chi connectivity index (χ1n) is 8.66. The van der Waals surface area contributed by atoms with Crippen molar-refractivity contribution < 1.29 is 19.0 Å². The maximum absolute atomic E-state index is 13.1. The van der Waals surface area contributed by atoms with Crippen LogP contribution in [-0.2, 0) is 6.54 Å². The summed E-state index contributed by atoms with van der Waals surface area (Å²) in [7, 11) is 0. The number of hydrogen-bond acceptors (Lipinski definition) is 5. The zero-order valence-corrected chi connectivity index (χ0v) is 15.0. The van der Waals surface area contributed by atoms with E-state index < -0.39 is 0 Å². The maximum Gasteiger partial charge on any atom is 0.268 e. The van der Waals surface area contributed by atoms with Crippen molar-refractivity contribution in [2.75, 3.05) is 19.8 Å². The van der Waals surface area contributed by atoms with Gasteiger partial charge in [-0.05, 0) is 37.5 Å². The van der Waals surface area contributed by atoms with Crippen LogP contribution in [0.3, 0.4) is 0 Å². The fourth-order valence-electron chi connectivity index (χ4n) is 2.95. The van der Waals surface area contributed by atoms with Gasteiger partial charge < -0.3 is 19.1 Å². The Labute approximate surface area is 151 Å². The Hall–Kier alpha value is -2.21. The first kappa shape index (κ1) is 16.3. The van der Waals surface area contributed by atoms with Gasteiger partial charge >= 0.3 is 0 Å². The zero-order chi connectivity index (χ0) is 17.2. The lowest BCUT2D eigenvalue weighted by Gasteiger charge is -2.23. The van der Waals surface area contributed by atoms with Crippen LogP contribution in [0.25, 0.3) is 0 Å². The molecule has 0 radical (unpaired) electrons. The van der Waals surface area contributed by atoms with Crippen LogP contribution >= 0.6 is 11.3 Å². The zero-order valence-electron chi connectivity index (χ0n) is 14.2. The van der Waals surface area contributed by atoms with E-state index >= 15 is 0 Å². The van der Waals surface area contributed by atoms with Gasteiger partial charge in [-0.1, -0.05) is 12.1 Å². The molecule has 1 amide bonds. The number of carbonyl (C=O) groups excluding carboxylic acids is 1. The van der Waals surface area contributed by atoms with Gasteiger partial charge in [-0.3, -0.25) is 4.79 Å². The first-order chi connectivity index (χ1) is 12.3. The lowest BCUT2D eigenvalue weighted by molar-refractivity contribution is 0.0726. The third-order valence-corrected chi connectivity index (χ3v) is 5.26. The van der Waals surface area contributed by atoms with E-state index in [9.17, 15) is 4.79 Å². The largest absolute Gasteiger partial charge is 0.494 e. The number of rotatable bonds is 6. The maximum atomic E-state index is 13.1. The third kappa shape index (κ3) is 3.44. The van der Waals surface area contributed by atoms with Gasteiger partial charge in [-0.2, -0.15) is 0 Å². The molecule has 4 rings (SSSR count). The van der Waals surface area contributed by atoms with Crippen LogP contribution < -0.4 is 14.2 Å². The Balaban J connectivity index is 1.53. The minimum absolute atomic E-state index is 0.0353. The number of amides is 1. The molecule has 0 unspecified atom stereocenters. The van der Waals surface area contributed by atoms with Gasteiger partial charge in [0.05, 0.1) is 6.61 Å². The van der Waals surface area contributed by atoms with Crippen molar-refractivity contribution in [1.82, 2.24) is 4.90 Å². The summed E-state index contributed by atoms with van der Waals surface area (Å²) < 4.78 is 16.7. The molecular weight excluding hydrogens is 338 g/mol. The van der Waals surface area contributed by atoms with Gasteiger partial charge in [-0.25, -0.2) is 0 Å². The van der Waals surface area contributed by atoms with Crippen molar-refractivity contribution in [2.45, 2.75) is 32.4 Å². The molecule has 0 atom stereocenters. The van der Waals surface area contributed by atoms with E-state index in [1.54, 1.807) is 0 Å². The Morgan fingerprint density at radius 2 is 2.00 bits per heavy atom. The average molecular weight is 359 g/mol. The summed E-state index contributed by atoms with van der Waals surface area (Å²) in [5.41, 5.74) is 1.10. The minimum Gasteiger partial charge on any atom is -0.494 e. The molecule has 1 aliphatic carbocycles. The molecule has 0 saturated heterocycles. The second-order valence-electron chi connectivity index (χ2n) is 6.20. The summed E-state index contributed by atoms with van der Waals surface area (Å²) >= 11 is 1.41. The molecule has 1 aromatic carbocycles. The van der Waals surface area contributed by atoms with E-state index in [1.165, 1.54) is 11.3 Å². The molecule has 132 valence electrons. The summed E-state index contributed by atoms with van der Waals surface area (Å²) in [6.45, 7) is 4.25. The SMILES string of the molecule is CCOc1ccc(CN(C(=O)c2scc3c2OCCO3)C2CC2)cc1. The molecule has 1 aromatic heterocycles. The molecule has 2 heterocycles. The Kier molecular flexibility index (Phi) is 4.53. The van der Waals surface area contributed by atoms with Crippen molar-refractivity contribution in [1.29, 1.82) is 0 Å². The quantitative estimate of drug-likeness (QED) is 0.789. The number of nitrogens with zero attached hydrogens (tertiary/aromatic N) is 1. The number of carbonyl (C=O) groups is 1. The molecule has 5 nitrogen and oxygen atoms in total. The van der Waals surface area contributed by atoms with Crippen LogP contribution in [0, 0.1) is 0 Å². The molecule has 2 aliphatic rings. The molecular formula is C19H21NO4S. The number of thiophene rings is 1. The molecule has 0 spiro atoms. The van der Waals surface area contributed by atoms with Crippen LogP contribution in [0.4, 0.5) is 0 Å². The van der Waals surface area contributed by atoms with Crippen LogP contribution in [0.15, 0.2) is 29.6 Å². The van der Waals surface area contributed by atoms with Crippen molar-refractivity contribution >= 4 is 17.2 Å². The number of fused-ring (bicyclic) bond motifs is 1. The van der Waals surface area contributed by atoms with E-state index in [0.717, 1.165) is 24.2 Å². The van der Waals surface area contributed by atoms with Crippen LogP contribution in [0.5, 0.6) is 17.2 Å². The number of benzene rings is 1. The smallest absolute Gasteiger partial charge is 0.268 e. The van der Waals surface area contributed by atoms with Crippen LogP contribution in [0.1, 0.15) is 35.0 Å². The summed E-state index contributed by atoms with van der Waals surface area (Å²) in [4.78, 5) is 15.7. The highest BCUT2D eigenvalue weighted by molar-refractivity contribution is 7.12. The topological polar surface area (TPSA) is 48.0 Å². The second-order valence-corrected chi connectivity index (χ2v) is 7.08. The van der Waals surface area contributed by atoms with Crippen LogP contribution in [-0.4, -0.2) is 36.7 Å². The average Bonchev–Trinajstić information content (AvgIpc) is 3.39. The summed E-state index contributed by atoms with van der Waals surface area (Å²) in [5, 5.41) is 1.86. The lowest BCUT2D eigenvalue weighted by atomic mass is 10.2. The van der Waals surface area contributed by atoms with Crippen molar-refractivity contribution in [3.8, 4) is 17.2 Å². The summed E-state index contributed by atoms with van der Waals surface area (Å²) in [5.74, 6) is 2.19. The van der Waals surface area contributed by atoms with Gasteiger partial charge in [-0.15, -0.1) is 11.3 Å². The first-order valence-corrected chi connectivity index (χ1v) is 9.54. The van der Waals surface area contributed by atoms with E-state index in [4.69, 9.17) is 14.2 Å². The van der Waals surface area contributed by atoms with E-state index in [2.05, 4.69) is 0 Å². The number of ether oxygens (including phenoxy) is 3. The molecule has 25 heavy (non-hydrogen) atoms. The fourth-order valence-corrected chi connectivity index (χ4v) is 3.83. The molecule has 1 fully saturated rings. The molecule has 0 bridgehead atoms.